The van der Waals surface area contributed by atoms with Gasteiger partial charge in [-0.3, -0.25) is 4.79 Å². The van der Waals surface area contributed by atoms with Gasteiger partial charge in [-0.1, -0.05) is 20.8 Å². The van der Waals surface area contributed by atoms with Crippen LogP contribution < -0.4 is 11.1 Å². The lowest BCUT2D eigenvalue weighted by Crippen LogP contribution is -2.45. The molecule has 0 fully saturated rings. The van der Waals surface area contributed by atoms with E-state index in [9.17, 15) is 13.6 Å². The van der Waals surface area contributed by atoms with Crippen LogP contribution in [0.2, 0.25) is 0 Å². The highest BCUT2D eigenvalue weighted by atomic mass is 19.1. The summed E-state index contributed by atoms with van der Waals surface area (Å²) in [4.78, 5) is 11.8. The Bertz CT molecular complexity index is 467. The summed E-state index contributed by atoms with van der Waals surface area (Å²) in [5.74, 6) is -1.79. The zero-order chi connectivity index (χ0) is 14.1. The molecule has 0 radical (unpaired) electrons. The Morgan fingerprint density at radius 3 is 2.33 bits per heavy atom. The lowest BCUT2D eigenvalue weighted by atomic mass is 9.87. The standard InChI is InChI=1S/C13H18F2N2O/c1-7-5-9(15)10(6-8(7)14)17-12(18)11(16)13(2,3)4/h5-6,11H,16H2,1-4H3,(H,17,18). The smallest absolute Gasteiger partial charge is 0.241 e. The topological polar surface area (TPSA) is 55.1 Å². The number of nitrogens with two attached hydrogens (primary N) is 1. The molecule has 1 aromatic carbocycles. The van der Waals surface area contributed by atoms with E-state index in [4.69, 9.17) is 5.73 Å². The SMILES string of the molecule is Cc1cc(F)c(NC(=O)C(N)C(C)(C)C)cc1F. The molecule has 0 spiro atoms. The van der Waals surface area contributed by atoms with E-state index in [-0.39, 0.29) is 11.3 Å². The van der Waals surface area contributed by atoms with Crippen LogP contribution in [0.1, 0.15) is 26.3 Å². The number of rotatable bonds is 2. The lowest BCUT2D eigenvalue weighted by Gasteiger charge is -2.25. The van der Waals surface area contributed by atoms with E-state index in [1.54, 1.807) is 20.8 Å². The predicted molar refractivity (Wildman–Crippen MR) is 67.2 cm³/mol. The third kappa shape index (κ3) is 3.26. The van der Waals surface area contributed by atoms with Gasteiger partial charge in [-0.05, 0) is 24.0 Å². The van der Waals surface area contributed by atoms with Gasteiger partial charge in [0.1, 0.15) is 11.6 Å². The van der Waals surface area contributed by atoms with E-state index < -0.39 is 29.0 Å². The van der Waals surface area contributed by atoms with Crippen molar-refractivity contribution in [3.8, 4) is 0 Å². The number of aryl methyl sites for hydroxylation is 1. The molecular weight excluding hydrogens is 238 g/mol. The minimum atomic E-state index is -0.804. The molecule has 0 aliphatic rings. The van der Waals surface area contributed by atoms with Crippen molar-refractivity contribution in [2.45, 2.75) is 33.7 Å². The number of benzene rings is 1. The van der Waals surface area contributed by atoms with Gasteiger partial charge in [0.05, 0.1) is 11.7 Å². The van der Waals surface area contributed by atoms with E-state index in [1.807, 2.05) is 0 Å². The molecule has 0 saturated heterocycles. The third-order valence-corrected chi connectivity index (χ3v) is 2.72. The van der Waals surface area contributed by atoms with Crippen LogP contribution in [0.3, 0.4) is 0 Å². The summed E-state index contributed by atoms with van der Waals surface area (Å²) >= 11 is 0. The highest BCUT2D eigenvalue weighted by Crippen LogP contribution is 2.22. The molecule has 100 valence electrons. The number of carbonyl (C=O) groups is 1. The summed E-state index contributed by atoms with van der Waals surface area (Å²) < 4.78 is 26.8. The fraction of sp³-hybridized carbons (Fsp3) is 0.462. The number of nitrogens with one attached hydrogen (secondary N) is 1. The van der Waals surface area contributed by atoms with Crippen LogP contribution in [0, 0.1) is 24.0 Å². The molecule has 0 aromatic heterocycles. The first-order valence-electron chi connectivity index (χ1n) is 5.65. The molecule has 0 aliphatic heterocycles. The number of halogens is 2. The highest BCUT2D eigenvalue weighted by Gasteiger charge is 2.28. The molecule has 5 heteroatoms. The first kappa shape index (κ1) is 14.6. The van der Waals surface area contributed by atoms with Crippen LogP contribution in [0.25, 0.3) is 0 Å². The molecular formula is C13H18F2N2O. The van der Waals surface area contributed by atoms with Crippen molar-refractivity contribution in [2.24, 2.45) is 11.1 Å². The van der Waals surface area contributed by atoms with Gasteiger partial charge < -0.3 is 11.1 Å². The van der Waals surface area contributed by atoms with Crippen molar-refractivity contribution in [1.29, 1.82) is 0 Å². The molecule has 1 amide bonds. The summed E-state index contributed by atoms with van der Waals surface area (Å²) in [6, 6.07) is 1.19. The monoisotopic (exact) mass is 256 g/mol. The zero-order valence-electron chi connectivity index (χ0n) is 11.0. The Morgan fingerprint density at radius 2 is 1.83 bits per heavy atom. The summed E-state index contributed by atoms with van der Waals surface area (Å²) in [6.45, 7) is 6.83. The number of carbonyl (C=O) groups excluding carboxylic acids is 1. The largest absolute Gasteiger partial charge is 0.322 e. The molecule has 3 nitrogen and oxygen atoms in total. The van der Waals surface area contributed by atoms with Crippen molar-refractivity contribution in [3.63, 3.8) is 0 Å². The van der Waals surface area contributed by atoms with Crippen molar-refractivity contribution >= 4 is 11.6 Å². The third-order valence-electron chi connectivity index (χ3n) is 2.72. The molecule has 1 atom stereocenters. The number of hydrogen-bond acceptors (Lipinski definition) is 2. The van der Waals surface area contributed by atoms with Crippen LogP contribution in [0.4, 0.5) is 14.5 Å². The van der Waals surface area contributed by atoms with E-state index in [0.717, 1.165) is 12.1 Å². The second-order valence-electron chi connectivity index (χ2n) is 5.41. The van der Waals surface area contributed by atoms with Gasteiger partial charge in [0.15, 0.2) is 0 Å². The van der Waals surface area contributed by atoms with Gasteiger partial charge in [0.2, 0.25) is 5.91 Å². The quantitative estimate of drug-likeness (QED) is 0.854. The fourth-order valence-electron chi connectivity index (χ4n) is 1.35. The van der Waals surface area contributed by atoms with E-state index in [2.05, 4.69) is 5.32 Å². The summed E-state index contributed by atoms with van der Waals surface area (Å²) in [7, 11) is 0. The minimum absolute atomic E-state index is 0.186. The first-order valence-corrected chi connectivity index (χ1v) is 5.65. The van der Waals surface area contributed by atoms with E-state index in [0.29, 0.717) is 0 Å². The Kier molecular flexibility index (Phi) is 4.06. The van der Waals surface area contributed by atoms with Gasteiger partial charge in [-0.15, -0.1) is 0 Å². The van der Waals surface area contributed by atoms with E-state index >= 15 is 0 Å². The highest BCUT2D eigenvalue weighted by molar-refractivity contribution is 5.95. The lowest BCUT2D eigenvalue weighted by molar-refractivity contribution is -0.119. The van der Waals surface area contributed by atoms with Gasteiger partial charge in [0, 0.05) is 6.07 Å². The predicted octanol–water partition coefficient (Wildman–Crippen LogP) is 2.59. The number of anilines is 1. The normalized spacial score (nSPS) is 13.3. The second-order valence-corrected chi connectivity index (χ2v) is 5.41. The Balaban J connectivity index is 2.92. The average molecular weight is 256 g/mol. The summed E-state index contributed by atoms with van der Waals surface area (Å²) in [6.07, 6.45) is 0. The zero-order valence-corrected chi connectivity index (χ0v) is 11.0. The van der Waals surface area contributed by atoms with Crippen LogP contribution in [0.15, 0.2) is 12.1 Å². The van der Waals surface area contributed by atoms with Gasteiger partial charge in [-0.25, -0.2) is 8.78 Å². The fourth-order valence-corrected chi connectivity index (χ4v) is 1.35. The molecule has 1 unspecified atom stereocenters. The van der Waals surface area contributed by atoms with Crippen molar-refractivity contribution in [1.82, 2.24) is 0 Å². The molecule has 0 aliphatic carbocycles. The average Bonchev–Trinajstić information content (AvgIpc) is 2.23. The van der Waals surface area contributed by atoms with Crippen LogP contribution >= 0.6 is 0 Å². The number of amides is 1. The van der Waals surface area contributed by atoms with Gasteiger partial charge in [-0.2, -0.15) is 0 Å². The second kappa shape index (κ2) is 5.02. The molecule has 0 bridgehead atoms. The van der Waals surface area contributed by atoms with Crippen molar-refractivity contribution < 1.29 is 13.6 Å². The Labute approximate surface area is 105 Å². The maximum atomic E-state index is 13.5. The van der Waals surface area contributed by atoms with Crippen LogP contribution in [-0.2, 0) is 4.79 Å². The number of hydrogen-bond donors (Lipinski definition) is 2. The maximum Gasteiger partial charge on any atom is 0.241 e. The molecule has 1 aromatic rings. The molecule has 3 N–H and O–H groups in total. The molecule has 1 rings (SSSR count). The summed E-state index contributed by atoms with van der Waals surface area (Å²) in [5.41, 5.74) is 5.27. The van der Waals surface area contributed by atoms with Gasteiger partial charge in [0.25, 0.3) is 0 Å². The maximum absolute atomic E-state index is 13.5. The van der Waals surface area contributed by atoms with E-state index in [1.165, 1.54) is 6.92 Å². The van der Waals surface area contributed by atoms with Gasteiger partial charge >= 0.3 is 0 Å². The summed E-state index contributed by atoms with van der Waals surface area (Å²) in [5, 5.41) is 2.31. The Hall–Kier alpha value is -1.49. The minimum Gasteiger partial charge on any atom is -0.322 e. The molecule has 0 saturated carbocycles. The first-order chi connectivity index (χ1) is 8.12. The van der Waals surface area contributed by atoms with Crippen LogP contribution in [0.5, 0.6) is 0 Å². The molecule has 0 heterocycles. The molecule has 18 heavy (non-hydrogen) atoms. The van der Waals surface area contributed by atoms with Crippen molar-refractivity contribution in [3.05, 3.63) is 29.3 Å². The van der Waals surface area contributed by atoms with Crippen LogP contribution in [-0.4, -0.2) is 11.9 Å². The Morgan fingerprint density at radius 1 is 1.28 bits per heavy atom. The van der Waals surface area contributed by atoms with Crippen molar-refractivity contribution in [2.75, 3.05) is 5.32 Å².